The van der Waals surface area contributed by atoms with Crippen molar-refractivity contribution in [1.82, 2.24) is 5.32 Å². The summed E-state index contributed by atoms with van der Waals surface area (Å²) in [5, 5.41) is 11.0. The molecule has 7 heteroatoms. The van der Waals surface area contributed by atoms with Crippen molar-refractivity contribution in [3.63, 3.8) is 0 Å². The molecule has 0 aromatic rings. The Hall–Kier alpha value is -1.63. The van der Waals surface area contributed by atoms with Gasteiger partial charge in [0.1, 0.15) is 6.04 Å². The number of carbonyl (C=O) groups excluding carboxylic acids is 2. The predicted molar refractivity (Wildman–Crippen MR) is 60.8 cm³/mol. The Balaban J connectivity index is 4.13. The fourth-order valence-electron chi connectivity index (χ4n) is 1.16. The first-order valence-electron chi connectivity index (χ1n) is 5.37. The van der Waals surface area contributed by atoms with Crippen LogP contribution in [-0.2, 0) is 14.4 Å². The number of nitrogens with two attached hydrogens (primary N) is 2. The lowest BCUT2D eigenvalue weighted by molar-refractivity contribution is -0.143. The highest BCUT2D eigenvalue weighted by atomic mass is 16.4. The third-order valence-electron chi connectivity index (χ3n) is 2.31. The molecule has 0 aromatic heterocycles. The number of amides is 2. The molecule has 0 heterocycles. The van der Waals surface area contributed by atoms with E-state index in [1.165, 1.54) is 0 Å². The third-order valence-corrected chi connectivity index (χ3v) is 2.31. The van der Waals surface area contributed by atoms with Gasteiger partial charge in [-0.05, 0) is 18.9 Å². The summed E-state index contributed by atoms with van der Waals surface area (Å²) < 4.78 is 0. The number of rotatable bonds is 8. The van der Waals surface area contributed by atoms with Crippen LogP contribution in [0, 0.1) is 5.92 Å². The first-order valence-corrected chi connectivity index (χ1v) is 5.37. The molecule has 0 rings (SSSR count). The Morgan fingerprint density at radius 1 is 1.35 bits per heavy atom. The van der Waals surface area contributed by atoms with Crippen LogP contribution < -0.4 is 16.8 Å². The van der Waals surface area contributed by atoms with E-state index in [1.54, 1.807) is 0 Å². The highest BCUT2D eigenvalue weighted by Gasteiger charge is 2.21. The van der Waals surface area contributed by atoms with Crippen molar-refractivity contribution in [1.29, 1.82) is 0 Å². The molecule has 98 valence electrons. The molecule has 0 radical (unpaired) electrons. The number of aliphatic carboxylic acids is 1. The van der Waals surface area contributed by atoms with Gasteiger partial charge in [-0.2, -0.15) is 0 Å². The van der Waals surface area contributed by atoms with Gasteiger partial charge in [0.05, 0.1) is 6.42 Å². The van der Waals surface area contributed by atoms with Gasteiger partial charge >= 0.3 is 5.97 Å². The normalized spacial score (nSPS) is 13.8. The minimum Gasteiger partial charge on any atom is -0.480 e. The number of carbonyl (C=O) groups is 3. The molecule has 6 N–H and O–H groups in total. The van der Waals surface area contributed by atoms with Gasteiger partial charge < -0.3 is 21.9 Å². The molecule has 0 bridgehead atoms. The van der Waals surface area contributed by atoms with Crippen molar-refractivity contribution in [3.05, 3.63) is 0 Å². The lowest BCUT2D eigenvalue weighted by Crippen LogP contribution is -2.43. The first-order chi connectivity index (χ1) is 7.86. The highest BCUT2D eigenvalue weighted by Crippen LogP contribution is 2.03. The molecule has 7 nitrogen and oxygen atoms in total. The summed E-state index contributed by atoms with van der Waals surface area (Å²) in [4.78, 5) is 32.7. The van der Waals surface area contributed by atoms with Gasteiger partial charge in [0, 0.05) is 6.42 Å². The summed E-state index contributed by atoms with van der Waals surface area (Å²) in [5.41, 5.74) is 10.3. The lowest BCUT2D eigenvalue weighted by atomic mass is 10.1. The van der Waals surface area contributed by atoms with E-state index in [2.05, 4.69) is 5.32 Å². The van der Waals surface area contributed by atoms with Crippen LogP contribution in [0.3, 0.4) is 0 Å². The van der Waals surface area contributed by atoms with Crippen LogP contribution in [0.15, 0.2) is 0 Å². The molecular formula is C10H19N3O4. The Morgan fingerprint density at radius 2 is 1.94 bits per heavy atom. The Morgan fingerprint density at radius 3 is 2.35 bits per heavy atom. The molecule has 17 heavy (non-hydrogen) atoms. The summed E-state index contributed by atoms with van der Waals surface area (Å²) in [6, 6.07) is -1.26. The van der Waals surface area contributed by atoms with E-state index < -0.39 is 30.2 Å². The summed E-state index contributed by atoms with van der Waals surface area (Å²) in [6.45, 7) is 2.36. The quantitative estimate of drug-likeness (QED) is 0.426. The van der Waals surface area contributed by atoms with Gasteiger partial charge in [0.15, 0.2) is 0 Å². The summed E-state index contributed by atoms with van der Waals surface area (Å²) >= 11 is 0. The van der Waals surface area contributed by atoms with Crippen LogP contribution >= 0.6 is 0 Å². The maximum atomic E-state index is 11.4. The van der Waals surface area contributed by atoms with E-state index in [0.29, 0.717) is 13.0 Å². The molecule has 0 aliphatic heterocycles. The SMILES string of the molecule is CC(CN)CCC(=O)NC(CC(N)=O)C(=O)O. The van der Waals surface area contributed by atoms with Crippen molar-refractivity contribution in [2.75, 3.05) is 6.54 Å². The largest absolute Gasteiger partial charge is 0.480 e. The predicted octanol–water partition coefficient (Wildman–Crippen LogP) is -1.19. The molecule has 0 spiro atoms. The van der Waals surface area contributed by atoms with Crippen LogP contribution in [-0.4, -0.2) is 35.5 Å². The first kappa shape index (κ1) is 15.4. The molecule has 0 saturated carbocycles. The van der Waals surface area contributed by atoms with Gasteiger partial charge in [-0.1, -0.05) is 6.92 Å². The minimum atomic E-state index is -1.27. The van der Waals surface area contributed by atoms with Gasteiger partial charge in [0.2, 0.25) is 11.8 Å². The molecule has 0 fully saturated rings. The molecule has 0 aromatic carbocycles. The van der Waals surface area contributed by atoms with Crippen molar-refractivity contribution in [3.8, 4) is 0 Å². The monoisotopic (exact) mass is 245 g/mol. The summed E-state index contributed by atoms with van der Waals surface area (Å²) in [5.74, 6) is -2.27. The number of carboxylic acids is 1. The average molecular weight is 245 g/mol. The van der Waals surface area contributed by atoms with Gasteiger partial charge in [-0.25, -0.2) is 4.79 Å². The van der Waals surface area contributed by atoms with Crippen LogP contribution in [0.5, 0.6) is 0 Å². The lowest BCUT2D eigenvalue weighted by Gasteiger charge is -2.13. The molecule has 0 aliphatic carbocycles. The molecule has 2 atom stereocenters. The zero-order valence-electron chi connectivity index (χ0n) is 9.81. The number of nitrogens with one attached hydrogen (secondary N) is 1. The maximum absolute atomic E-state index is 11.4. The standard InChI is InChI=1S/C10H19N3O4/c1-6(5-11)2-3-9(15)13-7(10(16)17)4-8(12)14/h6-7H,2-5,11H2,1H3,(H2,12,14)(H,13,15)(H,16,17). The van der Waals surface area contributed by atoms with Crippen LogP contribution in [0.1, 0.15) is 26.2 Å². The maximum Gasteiger partial charge on any atom is 0.326 e. The van der Waals surface area contributed by atoms with E-state index >= 15 is 0 Å². The Labute approximate surface area is 99.5 Å². The summed E-state index contributed by atoms with van der Waals surface area (Å²) in [7, 11) is 0. The second-order valence-electron chi connectivity index (χ2n) is 4.01. The average Bonchev–Trinajstić information content (AvgIpc) is 2.24. The molecule has 2 amide bonds. The number of primary amides is 1. The van der Waals surface area contributed by atoms with Crippen LogP contribution in [0.2, 0.25) is 0 Å². The van der Waals surface area contributed by atoms with Gasteiger partial charge in [0.25, 0.3) is 0 Å². The fourth-order valence-corrected chi connectivity index (χ4v) is 1.16. The van der Waals surface area contributed by atoms with E-state index in [4.69, 9.17) is 16.6 Å². The second kappa shape index (κ2) is 7.61. The molecule has 0 saturated heterocycles. The summed E-state index contributed by atoms with van der Waals surface area (Å²) in [6.07, 6.45) is 0.347. The van der Waals surface area contributed by atoms with Gasteiger partial charge in [-0.3, -0.25) is 9.59 Å². The van der Waals surface area contributed by atoms with Gasteiger partial charge in [-0.15, -0.1) is 0 Å². The number of hydrogen-bond donors (Lipinski definition) is 4. The van der Waals surface area contributed by atoms with Crippen molar-refractivity contribution < 1.29 is 19.5 Å². The molecule has 0 aliphatic rings. The molecule has 2 unspecified atom stereocenters. The zero-order valence-corrected chi connectivity index (χ0v) is 9.81. The van der Waals surface area contributed by atoms with Crippen molar-refractivity contribution >= 4 is 17.8 Å². The minimum absolute atomic E-state index is 0.181. The Kier molecular flexibility index (Phi) is 6.88. The van der Waals surface area contributed by atoms with E-state index in [9.17, 15) is 14.4 Å². The van der Waals surface area contributed by atoms with E-state index in [1.807, 2.05) is 6.92 Å². The van der Waals surface area contributed by atoms with Crippen LogP contribution in [0.25, 0.3) is 0 Å². The topological polar surface area (TPSA) is 136 Å². The van der Waals surface area contributed by atoms with Crippen LogP contribution in [0.4, 0.5) is 0 Å². The van der Waals surface area contributed by atoms with Crippen molar-refractivity contribution in [2.24, 2.45) is 17.4 Å². The highest BCUT2D eigenvalue weighted by molar-refractivity contribution is 5.88. The smallest absolute Gasteiger partial charge is 0.326 e. The Bertz CT molecular complexity index is 293. The number of carboxylic acid groups (broad SMARTS) is 1. The van der Waals surface area contributed by atoms with Crippen molar-refractivity contribution in [2.45, 2.75) is 32.2 Å². The second-order valence-corrected chi connectivity index (χ2v) is 4.01. The fraction of sp³-hybridized carbons (Fsp3) is 0.700. The zero-order chi connectivity index (χ0) is 13.4. The van der Waals surface area contributed by atoms with E-state index in [-0.39, 0.29) is 12.3 Å². The molecular weight excluding hydrogens is 226 g/mol. The third kappa shape index (κ3) is 7.29. The van der Waals surface area contributed by atoms with E-state index in [0.717, 1.165) is 0 Å². The number of hydrogen-bond acceptors (Lipinski definition) is 4.